The number of ketones is 1. The lowest BCUT2D eigenvalue weighted by Gasteiger charge is -2.60. The zero-order chi connectivity index (χ0) is 23.8. The number of hydrogen-bond acceptors (Lipinski definition) is 5. The summed E-state index contributed by atoms with van der Waals surface area (Å²) in [4.78, 5) is 31.4. The number of fused-ring (bicyclic) bond motifs is 5. The molecule has 4 fully saturated rings. The molecule has 186 valence electrons. The van der Waals surface area contributed by atoms with Crippen molar-refractivity contribution < 1.29 is 14.4 Å². The van der Waals surface area contributed by atoms with Gasteiger partial charge in [-0.05, 0) is 106 Å². The molecule has 0 aromatic carbocycles. The molecule has 0 spiro atoms. The van der Waals surface area contributed by atoms with Crippen LogP contribution in [0.2, 0.25) is 0 Å². The van der Waals surface area contributed by atoms with Crippen LogP contribution in [-0.2, 0) is 9.63 Å². The van der Waals surface area contributed by atoms with E-state index in [-0.39, 0.29) is 11.5 Å². The summed E-state index contributed by atoms with van der Waals surface area (Å²) in [7, 11) is 3.68. The van der Waals surface area contributed by atoms with Crippen molar-refractivity contribution in [3.8, 4) is 0 Å². The van der Waals surface area contributed by atoms with Crippen LogP contribution >= 0.6 is 0 Å². The molecule has 33 heavy (non-hydrogen) atoms. The molecule has 0 bridgehead atoms. The predicted octanol–water partition coefficient (Wildman–Crippen LogP) is 5.27. The monoisotopic (exact) mass is 459 g/mol. The van der Waals surface area contributed by atoms with Gasteiger partial charge in [0, 0.05) is 32.4 Å². The van der Waals surface area contributed by atoms with Gasteiger partial charge in [-0.15, -0.1) is 0 Å². The summed E-state index contributed by atoms with van der Waals surface area (Å²) >= 11 is 0. The number of carbonyl (C=O) groups is 2. The Kier molecular flexibility index (Phi) is 7.24. The van der Waals surface area contributed by atoms with Gasteiger partial charge in [0.25, 0.3) is 0 Å². The van der Waals surface area contributed by atoms with E-state index in [1.807, 2.05) is 7.05 Å². The van der Waals surface area contributed by atoms with Crippen LogP contribution in [0, 0.1) is 40.4 Å². The highest BCUT2D eigenvalue weighted by molar-refractivity contribution is 5.85. The maximum atomic E-state index is 12.4. The zero-order valence-electron chi connectivity index (χ0n) is 21.5. The molecule has 4 aliphatic rings. The number of oxime groups is 1. The van der Waals surface area contributed by atoms with Crippen LogP contribution in [0.5, 0.6) is 0 Å². The smallest absolute Gasteiger partial charge is 0.320 e. The third-order valence-corrected chi connectivity index (χ3v) is 10.5. The molecule has 4 aliphatic carbocycles. The Morgan fingerprint density at radius 1 is 1.12 bits per heavy atom. The molecular weight excluding hydrogens is 414 g/mol. The normalized spacial score (nSPS) is 40.6. The van der Waals surface area contributed by atoms with E-state index >= 15 is 0 Å². The summed E-state index contributed by atoms with van der Waals surface area (Å²) in [6, 6.07) is 0. The fourth-order valence-electron chi connectivity index (χ4n) is 8.56. The molecule has 1 N–H and O–H groups in total. The van der Waals surface area contributed by atoms with Gasteiger partial charge in [-0.25, -0.2) is 4.79 Å². The summed E-state index contributed by atoms with van der Waals surface area (Å²) in [5.41, 5.74) is 1.58. The quantitative estimate of drug-likeness (QED) is 0.254. The second-order valence-corrected chi connectivity index (χ2v) is 12.0. The number of Topliss-reactive ketones (excluding diaryl/α,β-unsaturated/α-hetero) is 1. The Labute approximate surface area is 200 Å². The van der Waals surface area contributed by atoms with Gasteiger partial charge in [-0.2, -0.15) is 0 Å². The molecule has 4 saturated carbocycles. The Morgan fingerprint density at radius 2 is 1.88 bits per heavy atom. The first-order valence-electron chi connectivity index (χ1n) is 13.3. The van der Waals surface area contributed by atoms with Gasteiger partial charge in [0.1, 0.15) is 5.78 Å². The molecule has 6 nitrogen and oxygen atoms in total. The number of nitrogens with one attached hydrogen (secondary N) is 1. The van der Waals surface area contributed by atoms with E-state index in [4.69, 9.17) is 4.84 Å². The SMILES string of the molecule is CNCCCN(C)C(=O)O/N=C(\C)[C@H]1CC[C@H]2[C@@H]3CC[C@H]4CC(=O)CC[C@]4(C)[C@H]3CC[C@]12C. The molecule has 0 heterocycles. The maximum absolute atomic E-state index is 12.4. The van der Waals surface area contributed by atoms with Crippen molar-refractivity contribution >= 4 is 17.6 Å². The van der Waals surface area contributed by atoms with Gasteiger partial charge in [0.15, 0.2) is 0 Å². The molecule has 0 unspecified atom stereocenters. The van der Waals surface area contributed by atoms with E-state index in [0.29, 0.717) is 29.6 Å². The van der Waals surface area contributed by atoms with Gasteiger partial charge in [0.05, 0.1) is 5.71 Å². The second kappa shape index (κ2) is 9.67. The number of nitrogens with zero attached hydrogens (tertiary/aromatic N) is 2. The molecule has 0 aromatic rings. The third-order valence-electron chi connectivity index (χ3n) is 10.5. The fraction of sp³-hybridized carbons (Fsp3) is 0.889. The number of hydrogen-bond donors (Lipinski definition) is 1. The van der Waals surface area contributed by atoms with Crippen molar-refractivity contribution in [3.05, 3.63) is 0 Å². The fourth-order valence-corrected chi connectivity index (χ4v) is 8.56. The Bertz CT molecular complexity index is 783. The van der Waals surface area contributed by atoms with Crippen LogP contribution in [-0.4, -0.2) is 49.7 Å². The van der Waals surface area contributed by atoms with Crippen molar-refractivity contribution in [2.75, 3.05) is 27.2 Å². The predicted molar refractivity (Wildman–Crippen MR) is 131 cm³/mol. The topological polar surface area (TPSA) is 71.0 Å². The molecule has 6 heteroatoms. The van der Waals surface area contributed by atoms with Crippen molar-refractivity contribution in [1.29, 1.82) is 0 Å². The first kappa shape index (κ1) is 24.7. The summed E-state index contributed by atoms with van der Waals surface area (Å²) in [6.45, 7) is 8.58. The van der Waals surface area contributed by atoms with Crippen molar-refractivity contribution in [2.45, 2.75) is 85.0 Å². The van der Waals surface area contributed by atoms with Crippen molar-refractivity contribution in [3.63, 3.8) is 0 Å². The van der Waals surface area contributed by atoms with E-state index in [0.717, 1.165) is 62.1 Å². The maximum Gasteiger partial charge on any atom is 0.435 e. The van der Waals surface area contributed by atoms with Crippen LogP contribution < -0.4 is 5.32 Å². The van der Waals surface area contributed by atoms with Gasteiger partial charge in [-0.1, -0.05) is 19.0 Å². The van der Waals surface area contributed by atoms with Crippen LogP contribution in [0.15, 0.2) is 5.16 Å². The summed E-state index contributed by atoms with van der Waals surface area (Å²) in [5.74, 6) is 3.76. The molecular formula is C27H45N3O3. The number of rotatable bonds is 6. The highest BCUT2D eigenvalue weighted by Crippen LogP contribution is 2.67. The van der Waals surface area contributed by atoms with Crippen LogP contribution in [0.4, 0.5) is 4.79 Å². The lowest BCUT2D eigenvalue weighted by molar-refractivity contribution is -0.138. The van der Waals surface area contributed by atoms with Crippen LogP contribution in [0.1, 0.15) is 85.0 Å². The molecule has 0 aromatic heterocycles. The first-order valence-corrected chi connectivity index (χ1v) is 13.3. The summed E-state index contributed by atoms with van der Waals surface area (Å²) in [6.07, 6.45) is 10.7. The molecule has 0 saturated heterocycles. The highest BCUT2D eigenvalue weighted by atomic mass is 16.7. The van der Waals surface area contributed by atoms with Gasteiger partial charge in [-0.3, -0.25) is 9.63 Å². The first-order chi connectivity index (χ1) is 15.7. The number of amides is 1. The minimum Gasteiger partial charge on any atom is -0.320 e. The lowest BCUT2D eigenvalue weighted by atomic mass is 9.44. The van der Waals surface area contributed by atoms with Crippen molar-refractivity contribution in [2.24, 2.45) is 45.6 Å². The van der Waals surface area contributed by atoms with E-state index in [2.05, 4.69) is 31.2 Å². The van der Waals surface area contributed by atoms with Crippen LogP contribution in [0.3, 0.4) is 0 Å². The standard InChI is InChI=1S/C27H45N3O3/c1-18(29-33-25(32)30(5)16-6-15-28-4)22-9-10-23-21-8-7-19-17-20(31)11-13-26(19,2)24(21)12-14-27(22,23)3/h19,21-24,28H,6-17H2,1-5H3/b29-18+/t19-,21-,22+,23-,24-,26-,27+/m0/s1. The summed E-state index contributed by atoms with van der Waals surface area (Å²) in [5, 5.41) is 7.45. The Morgan fingerprint density at radius 3 is 2.64 bits per heavy atom. The van der Waals surface area contributed by atoms with Gasteiger partial charge >= 0.3 is 6.09 Å². The zero-order valence-corrected chi connectivity index (χ0v) is 21.5. The molecule has 0 aliphatic heterocycles. The largest absolute Gasteiger partial charge is 0.435 e. The number of carbonyl (C=O) groups excluding carboxylic acids is 2. The third kappa shape index (κ3) is 4.49. The van der Waals surface area contributed by atoms with E-state index in [9.17, 15) is 9.59 Å². The van der Waals surface area contributed by atoms with Gasteiger partial charge < -0.3 is 10.2 Å². The Hall–Kier alpha value is -1.43. The van der Waals surface area contributed by atoms with Gasteiger partial charge in [0.2, 0.25) is 0 Å². The van der Waals surface area contributed by atoms with E-state index in [1.54, 1.807) is 11.9 Å². The lowest BCUT2D eigenvalue weighted by Crippen LogP contribution is -2.53. The minimum atomic E-state index is -0.369. The molecule has 4 rings (SSSR count). The second-order valence-electron chi connectivity index (χ2n) is 12.0. The average Bonchev–Trinajstić information content (AvgIpc) is 3.15. The summed E-state index contributed by atoms with van der Waals surface area (Å²) < 4.78 is 0. The van der Waals surface area contributed by atoms with E-state index in [1.165, 1.54) is 32.1 Å². The average molecular weight is 460 g/mol. The Balaban J connectivity index is 1.42. The highest BCUT2D eigenvalue weighted by Gasteiger charge is 2.60. The molecule has 7 atom stereocenters. The van der Waals surface area contributed by atoms with E-state index < -0.39 is 0 Å². The van der Waals surface area contributed by atoms with Crippen molar-refractivity contribution in [1.82, 2.24) is 10.2 Å². The molecule has 1 amide bonds. The minimum absolute atomic E-state index is 0.244. The van der Waals surface area contributed by atoms with Crippen LogP contribution in [0.25, 0.3) is 0 Å². The molecule has 0 radical (unpaired) electrons.